The van der Waals surface area contributed by atoms with Crippen molar-refractivity contribution < 1.29 is 0 Å². The van der Waals surface area contributed by atoms with Gasteiger partial charge in [0, 0.05) is 30.9 Å². The molecule has 2 rings (SSSR count). The first kappa shape index (κ1) is 13.3. The van der Waals surface area contributed by atoms with E-state index in [2.05, 4.69) is 40.1 Å². The fourth-order valence-corrected chi connectivity index (χ4v) is 2.56. The summed E-state index contributed by atoms with van der Waals surface area (Å²) >= 11 is 0. The van der Waals surface area contributed by atoms with E-state index in [1.807, 2.05) is 0 Å². The molecule has 0 radical (unpaired) electrons. The number of aryl methyl sites for hydroxylation is 1. The highest BCUT2D eigenvalue weighted by Crippen LogP contribution is 2.19. The Hall–Kier alpha value is -1.16. The van der Waals surface area contributed by atoms with Crippen LogP contribution in [-0.2, 0) is 6.42 Å². The van der Waals surface area contributed by atoms with Gasteiger partial charge in [0.05, 0.1) is 0 Å². The molecule has 18 heavy (non-hydrogen) atoms. The van der Waals surface area contributed by atoms with Gasteiger partial charge >= 0.3 is 0 Å². The molecule has 1 aromatic heterocycles. The highest BCUT2D eigenvalue weighted by Gasteiger charge is 2.21. The number of rotatable bonds is 5. The van der Waals surface area contributed by atoms with Crippen LogP contribution >= 0.6 is 0 Å². The van der Waals surface area contributed by atoms with Crippen LogP contribution in [0.3, 0.4) is 0 Å². The number of nitrogens with zero attached hydrogens (tertiary/aromatic N) is 3. The number of anilines is 1. The summed E-state index contributed by atoms with van der Waals surface area (Å²) in [6, 6.07) is 2.72. The lowest BCUT2D eigenvalue weighted by Crippen LogP contribution is -2.46. The van der Waals surface area contributed by atoms with Gasteiger partial charge in [-0.2, -0.15) is 0 Å². The van der Waals surface area contributed by atoms with Crippen molar-refractivity contribution in [3.05, 3.63) is 18.1 Å². The maximum Gasteiger partial charge on any atom is 0.132 e. The van der Waals surface area contributed by atoms with Crippen LogP contribution in [0.4, 0.5) is 5.82 Å². The van der Waals surface area contributed by atoms with Gasteiger partial charge in [0.2, 0.25) is 0 Å². The van der Waals surface area contributed by atoms with E-state index in [1.54, 1.807) is 6.33 Å². The first-order chi connectivity index (χ1) is 8.85. The molecule has 2 heterocycles. The summed E-state index contributed by atoms with van der Waals surface area (Å²) in [4.78, 5) is 11.2. The van der Waals surface area contributed by atoms with Gasteiger partial charge in [-0.15, -0.1) is 0 Å². The molecule has 0 bridgehead atoms. The second kappa shape index (κ2) is 6.69. The van der Waals surface area contributed by atoms with Crippen molar-refractivity contribution in [2.24, 2.45) is 0 Å². The lowest BCUT2D eigenvalue weighted by molar-refractivity contribution is 0.428. The smallest absolute Gasteiger partial charge is 0.132 e. The Balaban J connectivity index is 2.16. The molecule has 0 spiro atoms. The van der Waals surface area contributed by atoms with E-state index < -0.39 is 0 Å². The minimum absolute atomic E-state index is 0.582. The van der Waals surface area contributed by atoms with Crippen molar-refractivity contribution in [1.82, 2.24) is 15.3 Å². The lowest BCUT2D eigenvalue weighted by Gasteiger charge is -2.35. The molecule has 0 amide bonds. The van der Waals surface area contributed by atoms with Gasteiger partial charge in [-0.1, -0.05) is 13.8 Å². The Morgan fingerprint density at radius 1 is 1.39 bits per heavy atom. The van der Waals surface area contributed by atoms with Crippen LogP contribution in [0.2, 0.25) is 0 Å². The van der Waals surface area contributed by atoms with Crippen molar-refractivity contribution >= 4 is 5.82 Å². The molecule has 1 unspecified atom stereocenters. The molecular weight excluding hydrogens is 224 g/mol. The quantitative estimate of drug-likeness (QED) is 0.865. The zero-order valence-corrected chi connectivity index (χ0v) is 11.5. The summed E-state index contributed by atoms with van der Waals surface area (Å²) in [5, 5.41) is 3.49. The normalized spacial score (nSPS) is 19.8. The van der Waals surface area contributed by atoms with Crippen molar-refractivity contribution in [2.45, 2.75) is 45.6 Å². The monoisotopic (exact) mass is 248 g/mol. The molecule has 100 valence electrons. The number of aromatic nitrogens is 2. The minimum Gasteiger partial charge on any atom is -0.352 e. The molecule has 1 saturated heterocycles. The van der Waals surface area contributed by atoms with Crippen LogP contribution in [0.25, 0.3) is 0 Å². The fourth-order valence-electron chi connectivity index (χ4n) is 2.56. The SMILES string of the molecule is CCCN(c1cc(CC)ncn1)C1CCCNC1. The summed E-state index contributed by atoms with van der Waals surface area (Å²) in [5.74, 6) is 1.09. The molecule has 1 aliphatic heterocycles. The summed E-state index contributed by atoms with van der Waals surface area (Å²) in [5.41, 5.74) is 1.13. The third-order valence-corrected chi connectivity index (χ3v) is 3.54. The van der Waals surface area contributed by atoms with Gasteiger partial charge < -0.3 is 10.2 Å². The zero-order chi connectivity index (χ0) is 12.8. The molecule has 1 aromatic rings. The third-order valence-electron chi connectivity index (χ3n) is 3.54. The van der Waals surface area contributed by atoms with E-state index in [9.17, 15) is 0 Å². The lowest BCUT2D eigenvalue weighted by atomic mass is 10.1. The Kier molecular flexibility index (Phi) is 4.93. The van der Waals surface area contributed by atoms with E-state index in [0.717, 1.165) is 44.0 Å². The fraction of sp³-hybridized carbons (Fsp3) is 0.714. The van der Waals surface area contributed by atoms with Crippen molar-refractivity contribution in [2.75, 3.05) is 24.5 Å². The van der Waals surface area contributed by atoms with Crippen LogP contribution in [0.15, 0.2) is 12.4 Å². The van der Waals surface area contributed by atoms with E-state index in [-0.39, 0.29) is 0 Å². The molecule has 0 aromatic carbocycles. The molecule has 1 N–H and O–H groups in total. The van der Waals surface area contributed by atoms with Crippen molar-refractivity contribution in [1.29, 1.82) is 0 Å². The average molecular weight is 248 g/mol. The Bertz CT molecular complexity index is 361. The summed E-state index contributed by atoms with van der Waals surface area (Å²) in [6.45, 7) is 7.67. The standard InChI is InChI=1S/C14H24N4/c1-3-8-18(13-6-5-7-15-10-13)14-9-12(4-2)16-11-17-14/h9,11,13,15H,3-8,10H2,1-2H3. The van der Waals surface area contributed by atoms with Gasteiger partial charge in [0.1, 0.15) is 12.1 Å². The molecule has 4 nitrogen and oxygen atoms in total. The topological polar surface area (TPSA) is 41.1 Å². The molecule has 1 aliphatic rings. The third kappa shape index (κ3) is 3.19. The summed E-state index contributed by atoms with van der Waals surface area (Å²) in [7, 11) is 0. The van der Waals surface area contributed by atoms with Gasteiger partial charge in [-0.3, -0.25) is 0 Å². The van der Waals surface area contributed by atoms with E-state index in [4.69, 9.17) is 0 Å². The van der Waals surface area contributed by atoms with Crippen LogP contribution in [-0.4, -0.2) is 35.6 Å². The Morgan fingerprint density at radius 3 is 2.94 bits per heavy atom. The van der Waals surface area contributed by atoms with Crippen molar-refractivity contribution in [3.8, 4) is 0 Å². The van der Waals surface area contributed by atoms with Crippen LogP contribution in [0.1, 0.15) is 38.8 Å². The highest BCUT2D eigenvalue weighted by molar-refractivity contribution is 5.40. The van der Waals surface area contributed by atoms with Gasteiger partial charge in [-0.05, 0) is 32.2 Å². The second-order valence-electron chi connectivity index (χ2n) is 4.91. The largest absolute Gasteiger partial charge is 0.352 e. The average Bonchev–Trinajstić information content (AvgIpc) is 2.46. The molecule has 4 heteroatoms. The minimum atomic E-state index is 0.582. The number of nitrogens with one attached hydrogen (secondary N) is 1. The first-order valence-electron chi connectivity index (χ1n) is 7.13. The summed E-state index contributed by atoms with van der Waals surface area (Å²) in [6.07, 6.45) is 6.35. The Labute approximate surface area is 110 Å². The zero-order valence-electron chi connectivity index (χ0n) is 11.5. The van der Waals surface area contributed by atoms with E-state index >= 15 is 0 Å². The van der Waals surface area contributed by atoms with E-state index in [0.29, 0.717) is 6.04 Å². The molecule has 1 fully saturated rings. The molecule has 0 saturated carbocycles. The van der Waals surface area contributed by atoms with Crippen LogP contribution in [0, 0.1) is 0 Å². The number of piperidine rings is 1. The van der Waals surface area contributed by atoms with E-state index in [1.165, 1.54) is 12.8 Å². The van der Waals surface area contributed by atoms with Crippen LogP contribution in [0.5, 0.6) is 0 Å². The van der Waals surface area contributed by atoms with Crippen molar-refractivity contribution in [3.63, 3.8) is 0 Å². The highest BCUT2D eigenvalue weighted by atomic mass is 15.2. The van der Waals surface area contributed by atoms with Gasteiger partial charge in [-0.25, -0.2) is 9.97 Å². The molecular formula is C14H24N4. The first-order valence-corrected chi connectivity index (χ1v) is 7.13. The van der Waals surface area contributed by atoms with Gasteiger partial charge in [0.15, 0.2) is 0 Å². The number of hydrogen-bond donors (Lipinski definition) is 1. The summed E-state index contributed by atoms with van der Waals surface area (Å²) < 4.78 is 0. The van der Waals surface area contributed by atoms with Gasteiger partial charge in [0.25, 0.3) is 0 Å². The predicted octanol–water partition coefficient (Wildman–Crippen LogP) is 2.01. The molecule has 1 atom stereocenters. The number of hydrogen-bond acceptors (Lipinski definition) is 4. The molecule has 0 aliphatic carbocycles. The predicted molar refractivity (Wildman–Crippen MR) is 74.9 cm³/mol. The second-order valence-corrected chi connectivity index (χ2v) is 4.91. The maximum absolute atomic E-state index is 4.47. The van der Waals surface area contributed by atoms with Crippen LogP contribution < -0.4 is 10.2 Å². The Morgan fingerprint density at radius 2 is 2.28 bits per heavy atom. The maximum atomic E-state index is 4.47.